The third-order valence-corrected chi connectivity index (χ3v) is 3.32. The van der Waals surface area contributed by atoms with Crippen LogP contribution in [0.5, 0.6) is 0 Å². The molecule has 17 heavy (non-hydrogen) atoms. The number of benzene rings is 1. The standard InChI is InChI=1S/C14H20O3/c1-16-10-11-3-2-4-13(9-11)14(15)12-5-7-17-8-6-12/h2-4,9,12,14-15H,5-8,10H2,1H3. The molecule has 0 aromatic heterocycles. The van der Waals surface area contributed by atoms with Crippen LogP contribution in [0.4, 0.5) is 0 Å². The molecule has 1 aliphatic heterocycles. The van der Waals surface area contributed by atoms with Gasteiger partial charge < -0.3 is 14.6 Å². The zero-order chi connectivity index (χ0) is 12.1. The van der Waals surface area contributed by atoms with E-state index in [0.29, 0.717) is 12.5 Å². The highest BCUT2D eigenvalue weighted by Gasteiger charge is 2.23. The van der Waals surface area contributed by atoms with Gasteiger partial charge >= 0.3 is 0 Å². The van der Waals surface area contributed by atoms with E-state index in [1.54, 1.807) is 7.11 Å². The van der Waals surface area contributed by atoms with Crippen molar-refractivity contribution in [3.8, 4) is 0 Å². The van der Waals surface area contributed by atoms with Crippen molar-refractivity contribution in [1.29, 1.82) is 0 Å². The molecular weight excluding hydrogens is 216 g/mol. The highest BCUT2D eigenvalue weighted by atomic mass is 16.5. The molecule has 1 saturated heterocycles. The average Bonchev–Trinajstić information content (AvgIpc) is 2.40. The normalized spacial score (nSPS) is 19.2. The maximum Gasteiger partial charge on any atom is 0.0820 e. The van der Waals surface area contributed by atoms with Crippen LogP contribution in [0.25, 0.3) is 0 Å². The predicted molar refractivity (Wildman–Crippen MR) is 65.7 cm³/mol. The first-order valence-corrected chi connectivity index (χ1v) is 6.15. The molecule has 1 aliphatic rings. The van der Waals surface area contributed by atoms with Crippen molar-refractivity contribution >= 4 is 0 Å². The van der Waals surface area contributed by atoms with E-state index < -0.39 is 0 Å². The average molecular weight is 236 g/mol. The fourth-order valence-electron chi connectivity index (χ4n) is 2.34. The zero-order valence-electron chi connectivity index (χ0n) is 10.3. The summed E-state index contributed by atoms with van der Waals surface area (Å²) in [5.41, 5.74) is 2.10. The second-order valence-electron chi connectivity index (χ2n) is 4.57. The Bertz CT molecular complexity index is 345. The van der Waals surface area contributed by atoms with Gasteiger partial charge in [-0.1, -0.05) is 24.3 Å². The Hall–Kier alpha value is -0.900. The van der Waals surface area contributed by atoms with E-state index in [-0.39, 0.29) is 6.10 Å². The molecule has 3 nitrogen and oxygen atoms in total. The number of hydrogen-bond acceptors (Lipinski definition) is 3. The number of ether oxygens (including phenoxy) is 2. The number of aliphatic hydroxyl groups is 1. The van der Waals surface area contributed by atoms with Crippen molar-refractivity contribution in [2.75, 3.05) is 20.3 Å². The van der Waals surface area contributed by atoms with E-state index in [0.717, 1.165) is 37.2 Å². The first-order chi connectivity index (χ1) is 8.31. The fourth-order valence-corrected chi connectivity index (χ4v) is 2.34. The number of aliphatic hydroxyl groups excluding tert-OH is 1. The van der Waals surface area contributed by atoms with Gasteiger partial charge in [0.25, 0.3) is 0 Å². The van der Waals surface area contributed by atoms with Gasteiger partial charge in [0.2, 0.25) is 0 Å². The second-order valence-corrected chi connectivity index (χ2v) is 4.57. The van der Waals surface area contributed by atoms with Crippen LogP contribution in [0, 0.1) is 5.92 Å². The molecule has 1 aromatic rings. The predicted octanol–water partition coefficient (Wildman–Crippen LogP) is 2.29. The quantitative estimate of drug-likeness (QED) is 0.871. The summed E-state index contributed by atoms with van der Waals surface area (Å²) in [5, 5.41) is 10.3. The SMILES string of the molecule is COCc1cccc(C(O)C2CCOCC2)c1. The molecule has 94 valence electrons. The Labute approximate surface area is 102 Å². The maximum atomic E-state index is 10.3. The highest BCUT2D eigenvalue weighted by molar-refractivity contribution is 5.25. The van der Waals surface area contributed by atoms with Gasteiger partial charge in [0, 0.05) is 20.3 Å². The molecular formula is C14H20O3. The van der Waals surface area contributed by atoms with Crippen LogP contribution in [-0.4, -0.2) is 25.4 Å². The highest BCUT2D eigenvalue weighted by Crippen LogP contribution is 2.30. The summed E-state index contributed by atoms with van der Waals surface area (Å²) in [6.07, 6.45) is 1.50. The Balaban J connectivity index is 2.06. The molecule has 1 unspecified atom stereocenters. The summed E-state index contributed by atoms with van der Waals surface area (Å²) >= 11 is 0. The molecule has 1 atom stereocenters. The lowest BCUT2D eigenvalue weighted by atomic mass is 9.89. The van der Waals surface area contributed by atoms with Gasteiger partial charge in [0.15, 0.2) is 0 Å². The van der Waals surface area contributed by atoms with E-state index in [1.165, 1.54) is 0 Å². The van der Waals surface area contributed by atoms with E-state index in [4.69, 9.17) is 9.47 Å². The lowest BCUT2D eigenvalue weighted by Crippen LogP contribution is -2.22. The van der Waals surface area contributed by atoms with Gasteiger partial charge in [-0.2, -0.15) is 0 Å². The van der Waals surface area contributed by atoms with Gasteiger partial charge in [0.1, 0.15) is 0 Å². The second kappa shape index (κ2) is 6.15. The molecule has 0 radical (unpaired) electrons. The summed E-state index contributed by atoms with van der Waals surface area (Å²) in [7, 11) is 1.68. The molecule has 0 saturated carbocycles. The van der Waals surface area contributed by atoms with E-state index in [1.807, 2.05) is 24.3 Å². The van der Waals surface area contributed by atoms with Gasteiger partial charge in [-0.3, -0.25) is 0 Å². The minimum Gasteiger partial charge on any atom is -0.388 e. The summed E-state index contributed by atoms with van der Waals surface area (Å²) in [4.78, 5) is 0. The summed E-state index contributed by atoms with van der Waals surface area (Å²) < 4.78 is 10.4. The van der Waals surface area contributed by atoms with Crippen molar-refractivity contribution in [2.45, 2.75) is 25.6 Å². The smallest absolute Gasteiger partial charge is 0.0820 e. The Morgan fingerprint density at radius 1 is 1.41 bits per heavy atom. The van der Waals surface area contributed by atoms with Crippen LogP contribution in [0.2, 0.25) is 0 Å². The Morgan fingerprint density at radius 3 is 2.88 bits per heavy atom. The molecule has 1 N–H and O–H groups in total. The first-order valence-electron chi connectivity index (χ1n) is 6.15. The summed E-state index contributed by atoms with van der Waals surface area (Å²) in [5.74, 6) is 0.321. The minimum atomic E-state index is -0.379. The minimum absolute atomic E-state index is 0.321. The molecule has 3 heteroatoms. The molecule has 1 fully saturated rings. The fraction of sp³-hybridized carbons (Fsp3) is 0.571. The Kier molecular flexibility index (Phi) is 4.54. The van der Waals surface area contributed by atoms with Crippen molar-refractivity contribution in [3.63, 3.8) is 0 Å². The Morgan fingerprint density at radius 2 is 2.18 bits per heavy atom. The van der Waals surface area contributed by atoms with Crippen LogP contribution in [0.3, 0.4) is 0 Å². The van der Waals surface area contributed by atoms with Gasteiger partial charge in [-0.05, 0) is 29.9 Å². The van der Waals surface area contributed by atoms with Crippen molar-refractivity contribution in [1.82, 2.24) is 0 Å². The topological polar surface area (TPSA) is 38.7 Å². The van der Waals surface area contributed by atoms with Gasteiger partial charge in [-0.25, -0.2) is 0 Å². The third kappa shape index (κ3) is 3.28. The van der Waals surface area contributed by atoms with Crippen molar-refractivity contribution < 1.29 is 14.6 Å². The van der Waals surface area contributed by atoms with E-state index in [2.05, 4.69) is 0 Å². The lowest BCUT2D eigenvalue weighted by Gasteiger charge is -2.27. The van der Waals surface area contributed by atoms with Crippen molar-refractivity contribution in [3.05, 3.63) is 35.4 Å². The van der Waals surface area contributed by atoms with Gasteiger partial charge in [-0.15, -0.1) is 0 Å². The molecule has 0 spiro atoms. The van der Waals surface area contributed by atoms with Crippen LogP contribution in [-0.2, 0) is 16.1 Å². The molecule has 1 heterocycles. The maximum absolute atomic E-state index is 10.3. The van der Waals surface area contributed by atoms with Crippen LogP contribution < -0.4 is 0 Å². The van der Waals surface area contributed by atoms with E-state index >= 15 is 0 Å². The molecule has 0 aliphatic carbocycles. The number of hydrogen-bond donors (Lipinski definition) is 1. The third-order valence-electron chi connectivity index (χ3n) is 3.32. The molecule has 0 amide bonds. The number of methoxy groups -OCH3 is 1. The summed E-state index contributed by atoms with van der Waals surface area (Å²) in [6.45, 7) is 2.12. The van der Waals surface area contributed by atoms with Crippen molar-refractivity contribution in [2.24, 2.45) is 5.92 Å². The monoisotopic (exact) mass is 236 g/mol. The van der Waals surface area contributed by atoms with Gasteiger partial charge in [0.05, 0.1) is 12.7 Å². The first kappa shape index (κ1) is 12.6. The van der Waals surface area contributed by atoms with Crippen LogP contribution in [0.15, 0.2) is 24.3 Å². The van der Waals surface area contributed by atoms with Crippen LogP contribution in [0.1, 0.15) is 30.1 Å². The summed E-state index contributed by atoms with van der Waals surface area (Å²) in [6, 6.07) is 8.01. The lowest BCUT2D eigenvalue weighted by molar-refractivity contribution is 0.00712. The molecule has 2 rings (SSSR count). The number of rotatable bonds is 4. The zero-order valence-corrected chi connectivity index (χ0v) is 10.3. The largest absolute Gasteiger partial charge is 0.388 e. The van der Waals surface area contributed by atoms with Crippen LogP contribution >= 0.6 is 0 Å². The van der Waals surface area contributed by atoms with E-state index in [9.17, 15) is 5.11 Å². The molecule has 0 bridgehead atoms. The molecule has 1 aromatic carbocycles.